The lowest BCUT2D eigenvalue weighted by molar-refractivity contribution is -0.153. The predicted molar refractivity (Wildman–Crippen MR) is 168 cm³/mol. The van der Waals surface area contributed by atoms with Crippen molar-refractivity contribution in [2.45, 2.75) is 45.0 Å². The molecule has 1 atom stereocenters. The van der Waals surface area contributed by atoms with E-state index in [2.05, 4.69) is 0 Å². The van der Waals surface area contributed by atoms with Crippen molar-refractivity contribution in [1.82, 2.24) is 14.0 Å². The highest BCUT2D eigenvalue weighted by Gasteiger charge is 2.36. The lowest BCUT2D eigenvalue weighted by atomic mass is 10.1. The maximum absolute atomic E-state index is 15.0. The van der Waals surface area contributed by atoms with Crippen molar-refractivity contribution in [1.29, 1.82) is 0 Å². The van der Waals surface area contributed by atoms with E-state index in [9.17, 15) is 40.7 Å². The Labute approximate surface area is 284 Å². The maximum atomic E-state index is 15.0. The van der Waals surface area contributed by atoms with Crippen LogP contribution in [0.2, 0.25) is 0 Å². The molecule has 0 bridgehead atoms. The maximum Gasteiger partial charge on any atom is 0.449 e. The summed E-state index contributed by atoms with van der Waals surface area (Å²) in [5.74, 6) is -3.52. The van der Waals surface area contributed by atoms with Gasteiger partial charge in [0.2, 0.25) is 5.76 Å². The number of carboxylic acids is 1. The summed E-state index contributed by atoms with van der Waals surface area (Å²) >= 11 is 0. The number of benzene rings is 2. The molecule has 3 heterocycles. The fourth-order valence-corrected chi connectivity index (χ4v) is 5.96. The van der Waals surface area contributed by atoms with Crippen LogP contribution in [0.4, 0.5) is 36.4 Å². The van der Waals surface area contributed by atoms with Gasteiger partial charge in [0.1, 0.15) is 23.0 Å². The monoisotopic (exact) mass is 727 g/mol. The minimum atomic E-state index is -4.97. The third-order valence-corrected chi connectivity index (χ3v) is 8.46. The van der Waals surface area contributed by atoms with Gasteiger partial charge in [0.25, 0.3) is 5.56 Å². The molecule has 2 aromatic heterocycles. The molecule has 11 nitrogen and oxygen atoms in total. The highest BCUT2D eigenvalue weighted by atomic mass is 19.4. The summed E-state index contributed by atoms with van der Waals surface area (Å²) in [7, 11) is 0. The first-order valence-electron chi connectivity index (χ1n) is 15.5. The summed E-state index contributed by atoms with van der Waals surface area (Å²) in [5, 5.41) is 9.06. The molecule has 0 radical (unpaired) electrons. The average Bonchev–Trinajstić information content (AvgIpc) is 3.54. The van der Waals surface area contributed by atoms with Gasteiger partial charge in [0.15, 0.2) is 6.61 Å². The first-order valence-corrected chi connectivity index (χ1v) is 15.5. The van der Waals surface area contributed by atoms with Gasteiger partial charge in [-0.25, -0.2) is 14.0 Å². The van der Waals surface area contributed by atoms with E-state index in [1.54, 1.807) is 21.9 Å². The first kappa shape index (κ1) is 37.2. The van der Waals surface area contributed by atoms with Crippen LogP contribution in [0.5, 0.6) is 5.75 Å². The normalized spacial score (nSPS) is 14.9. The number of rotatable bonds is 11. The molecule has 1 aliphatic rings. The number of carbonyl (C=O) groups is 1. The van der Waals surface area contributed by atoms with Gasteiger partial charge in [-0.1, -0.05) is 24.3 Å². The van der Waals surface area contributed by atoms with E-state index in [0.717, 1.165) is 27.3 Å². The lowest BCUT2D eigenvalue weighted by Crippen LogP contribution is -2.51. The molecule has 1 aliphatic heterocycles. The van der Waals surface area contributed by atoms with Gasteiger partial charge in [-0.2, -0.15) is 26.3 Å². The molecule has 3 N–H and O–H groups in total. The van der Waals surface area contributed by atoms with E-state index in [1.807, 2.05) is 0 Å². The second-order valence-corrected chi connectivity index (χ2v) is 11.8. The number of halogens is 7. The zero-order chi connectivity index (χ0) is 37.2. The zero-order valence-corrected chi connectivity index (χ0v) is 26.9. The number of para-hydroxylation sites is 1. The Balaban J connectivity index is 1.52. The van der Waals surface area contributed by atoms with E-state index < -0.39 is 78.0 Å². The number of nitrogens with two attached hydrogens (primary N) is 1. The number of hydrogen-bond acceptors (Lipinski definition) is 8. The summed E-state index contributed by atoms with van der Waals surface area (Å²) in [4.78, 5) is 42.5. The van der Waals surface area contributed by atoms with Crippen LogP contribution in [-0.4, -0.2) is 57.9 Å². The molecule has 2 aromatic carbocycles. The molecule has 274 valence electrons. The van der Waals surface area contributed by atoms with Crippen molar-refractivity contribution in [2.24, 2.45) is 5.73 Å². The molecular formula is C33H32F7N5O6. The Morgan fingerprint density at radius 1 is 0.922 bits per heavy atom. The Morgan fingerprint density at radius 2 is 1.61 bits per heavy atom. The van der Waals surface area contributed by atoms with Crippen molar-refractivity contribution >= 4 is 11.7 Å². The number of furan rings is 1. The minimum absolute atomic E-state index is 0.0261. The molecule has 0 amide bonds. The van der Waals surface area contributed by atoms with Crippen LogP contribution in [0.1, 0.15) is 39.9 Å². The third kappa shape index (κ3) is 8.28. The van der Waals surface area contributed by atoms with Crippen LogP contribution < -0.4 is 26.6 Å². The number of hydrogen-bond donors (Lipinski definition) is 2. The van der Waals surface area contributed by atoms with Crippen LogP contribution in [0.3, 0.4) is 0 Å². The summed E-state index contributed by atoms with van der Waals surface area (Å²) in [6, 6.07) is 9.29. The fraction of sp³-hybridized carbons (Fsp3) is 0.364. The van der Waals surface area contributed by atoms with Crippen LogP contribution >= 0.6 is 0 Å². The van der Waals surface area contributed by atoms with E-state index in [1.165, 1.54) is 25.1 Å². The van der Waals surface area contributed by atoms with E-state index in [-0.39, 0.29) is 61.2 Å². The van der Waals surface area contributed by atoms with Crippen molar-refractivity contribution in [3.05, 3.63) is 115 Å². The number of ether oxygens (including phenoxy) is 1. The predicted octanol–water partition coefficient (Wildman–Crippen LogP) is 4.62. The Morgan fingerprint density at radius 3 is 2.24 bits per heavy atom. The molecule has 51 heavy (non-hydrogen) atoms. The second-order valence-electron chi connectivity index (χ2n) is 11.8. The fourth-order valence-electron chi connectivity index (χ4n) is 5.96. The standard InChI is InChI=1S/C33H32F7N5O6/c1-19-29(43-13-11-42(12-14-43)15-20-9-10-27(51-20)33(38,39)40)30(48)45(17-25(41)21-5-2-3-8-26(21)50-18-28(46)47)31(49)44(19)16-22-23(32(35,36)37)6-4-7-24(22)34/h2-10,25H,11-18,41H2,1H3,(H,46,47)/t25-/m0/s1. The lowest BCUT2D eigenvalue weighted by Gasteiger charge is -2.36. The number of piperazine rings is 1. The van der Waals surface area contributed by atoms with Crippen LogP contribution in [0.25, 0.3) is 0 Å². The van der Waals surface area contributed by atoms with Gasteiger partial charge in [-0.15, -0.1) is 0 Å². The third-order valence-electron chi connectivity index (χ3n) is 8.46. The van der Waals surface area contributed by atoms with Crippen LogP contribution in [0.15, 0.2) is 68.6 Å². The van der Waals surface area contributed by atoms with Gasteiger partial charge in [0, 0.05) is 43.0 Å². The second kappa shape index (κ2) is 14.6. The van der Waals surface area contributed by atoms with Crippen molar-refractivity contribution in [3.8, 4) is 5.75 Å². The van der Waals surface area contributed by atoms with Crippen LogP contribution in [-0.2, 0) is 36.8 Å². The molecular weight excluding hydrogens is 695 g/mol. The van der Waals surface area contributed by atoms with E-state index in [0.29, 0.717) is 6.07 Å². The highest BCUT2D eigenvalue weighted by Crippen LogP contribution is 2.34. The number of aliphatic carboxylic acids is 1. The summed E-state index contributed by atoms with van der Waals surface area (Å²) < 4.78 is 108. The number of anilines is 1. The molecule has 5 rings (SSSR count). The van der Waals surface area contributed by atoms with Crippen molar-refractivity contribution in [3.63, 3.8) is 0 Å². The van der Waals surface area contributed by atoms with Crippen LogP contribution in [0, 0.1) is 12.7 Å². The van der Waals surface area contributed by atoms with Gasteiger partial charge in [-0.05, 0) is 37.3 Å². The summed E-state index contributed by atoms with van der Waals surface area (Å²) in [6.45, 7) is -0.0881. The largest absolute Gasteiger partial charge is 0.482 e. The van der Waals surface area contributed by atoms with Gasteiger partial charge >= 0.3 is 24.0 Å². The molecule has 1 fully saturated rings. The van der Waals surface area contributed by atoms with Crippen molar-refractivity contribution < 1.29 is 49.8 Å². The molecule has 0 aliphatic carbocycles. The summed E-state index contributed by atoms with van der Waals surface area (Å²) in [5.41, 5.74) is 2.48. The topological polar surface area (TPSA) is 136 Å². The Hall–Kier alpha value is -5.10. The Bertz CT molecular complexity index is 2010. The quantitative estimate of drug-likeness (QED) is 0.212. The SMILES string of the molecule is Cc1c(N2CCN(Cc3ccc(C(F)(F)F)o3)CC2)c(=O)n(C[C@H](N)c2ccccc2OCC(=O)O)c(=O)n1Cc1c(F)cccc1C(F)(F)F. The number of nitrogens with zero attached hydrogens (tertiary/aromatic N) is 4. The van der Waals surface area contributed by atoms with Gasteiger partial charge < -0.3 is 24.9 Å². The molecule has 18 heteroatoms. The Kier molecular flexibility index (Phi) is 10.7. The molecule has 1 saturated heterocycles. The van der Waals surface area contributed by atoms with Crippen molar-refractivity contribution in [2.75, 3.05) is 37.7 Å². The number of alkyl halides is 6. The smallest absolute Gasteiger partial charge is 0.449 e. The minimum Gasteiger partial charge on any atom is -0.482 e. The molecule has 0 saturated carbocycles. The molecule has 0 unspecified atom stereocenters. The number of carboxylic acid groups (broad SMARTS) is 1. The van der Waals surface area contributed by atoms with Gasteiger partial charge in [-0.3, -0.25) is 18.8 Å². The van der Waals surface area contributed by atoms with Gasteiger partial charge in [0.05, 0.1) is 31.2 Å². The number of aromatic nitrogens is 2. The average molecular weight is 728 g/mol. The van der Waals surface area contributed by atoms with E-state index in [4.69, 9.17) is 20.0 Å². The zero-order valence-electron chi connectivity index (χ0n) is 26.9. The summed E-state index contributed by atoms with van der Waals surface area (Å²) in [6.07, 6.45) is -9.63. The molecule has 0 spiro atoms. The molecule has 4 aromatic rings. The highest BCUT2D eigenvalue weighted by molar-refractivity contribution is 5.68. The van der Waals surface area contributed by atoms with E-state index >= 15 is 4.39 Å². The first-order chi connectivity index (χ1) is 24.0.